The molecular weight excluding hydrogens is 347 g/mol. The molecule has 3 nitrogen and oxygen atoms in total. The van der Waals surface area contributed by atoms with Crippen LogP contribution in [0.3, 0.4) is 0 Å². The first-order valence-electron chi connectivity index (χ1n) is 6.45. The first-order chi connectivity index (χ1) is 9.14. The number of thioether (sulfide) groups is 1. The summed E-state index contributed by atoms with van der Waals surface area (Å²) in [5.41, 5.74) is 1.69. The molecule has 0 aliphatic carbocycles. The van der Waals surface area contributed by atoms with Crippen molar-refractivity contribution < 1.29 is 42.6 Å². The van der Waals surface area contributed by atoms with Crippen LogP contribution in [0.2, 0.25) is 0 Å². The number of aryl methyl sites for hydroxylation is 1. The normalized spacial score (nSPS) is 20.8. The molecule has 0 aromatic heterocycles. The molecule has 0 atom stereocenters. The maximum atomic E-state index is 12.3. The van der Waals surface area contributed by atoms with Gasteiger partial charge in [0, 0.05) is 32.7 Å². The van der Waals surface area contributed by atoms with Crippen molar-refractivity contribution in [2.24, 2.45) is 0 Å². The minimum absolute atomic E-state index is 0. The molecule has 0 unspecified atom stereocenters. The van der Waals surface area contributed by atoms with Crippen LogP contribution in [-0.4, -0.2) is 28.1 Å². The van der Waals surface area contributed by atoms with Crippen LogP contribution in [0.15, 0.2) is 24.0 Å². The Labute approximate surface area is 148 Å². The number of hydrogen-bond donors (Lipinski definition) is 2. The van der Waals surface area contributed by atoms with Crippen molar-refractivity contribution in [1.82, 2.24) is 5.32 Å². The van der Waals surface area contributed by atoms with Gasteiger partial charge in [-0.3, -0.25) is 4.79 Å². The monoisotopic (exact) mass is 363 g/mol. The van der Waals surface area contributed by atoms with Crippen molar-refractivity contribution in [2.75, 3.05) is 11.5 Å². The van der Waals surface area contributed by atoms with Gasteiger partial charge in [-0.25, -0.2) is 0 Å². The zero-order valence-corrected chi connectivity index (χ0v) is 15.1. The molecule has 0 saturated carbocycles. The summed E-state index contributed by atoms with van der Waals surface area (Å²) in [6, 6.07) is 8.44. The van der Waals surface area contributed by atoms with E-state index in [-0.39, 0.29) is 44.4 Å². The summed E-state index contributed by atoms with van der Waals surface area (Å²) in [7, 11) is 0. The average Bonchev–Trinajstić information content (AvgIpc) is 2.63. The maximum Gasteiger partial charge on any atom is 0.254 e. The molecule has 1 aromatic rings. The van der Waals surface area contributed by atoms with E-state index in [4.69, 9.17) is 0 Å². The number of amides is 1. The zero-order chi connectivity index (χ0) is 13.5. The van der Waals surface area contributed by atoms with Crippen LogP contribution in [0.1, 0.15) is 24.0 Å². The fraction of sp³-hybridized carbons (Fsp3) is 0.400. The van der Waals surface area contributed by atoms with E-state index in [1.807, 2.05) is 30.8 Å². The molecule has 1 radical (unpaired) electrons. The summed E-state index contributed by atoms with van der Waals surface area (Å²) >= 11 is 1.87. The van der Waals surface area contributed by atoms with Gasteiger partial charge >= 0.3 is 0 Å². The molecule has 1 spiro atoms. The van der Waals surface area contributed by atoms with E-state index in [1.165, 1.54) is 0 Å². The van der Waals surface area contributed by atoms with Crippen LogP contribution >= 0.6 is 11.8 Å². The van der Waals surface area contributed by atoms with Crippen LogP contribution in [0.25, 0.3) is 5.57 Å². The van der Waals surface area contributed by atoms with E-state index in [1.54, 1.807) is 6.07 Å². The fourth-order valence-electron chi connectivity index (χ4n) is 2.81. The Balaban J connectivity index is 0.00000147. The SMILES string of the molecule is Cc1c[c-]ccc1C1=C(O)C2(CCSCC2)NC1=O.[Y]. The maximum absolute atomic E-state index is 12.3. The van der Waals surface area contributed by atoms with Crippen LogP contribution < -0.4 is 5.32 Å². The predicted molar refractivity (Wildman–Crippen MR) is 77.0 cm³/mol. The first kappa shape index (κ1) is 16.1. The molecule has 20 heavy (non-hydrogen) atoms. The molecule has 1 saturated heterocycles. The third kappa shape index (κ3) is 2.58. The molecule has 1 amide bonds. The fourth-order valence-corrected chi connectivity index (χ4v) is 4.00. The third-order valence-corrected chi connectivity index (χ3v) is 4.94. The second kappa shape index (κ2) is 6.21. The number of aliphatic hydroxyl groups excluding tert-OH is 1. The Morgan fingerprint density at radius 2 is 2.10 bits per heavy atom. The number of carbonyl (C=O) groups excluding carboxylic acids is 1. The number of hydrogen-bond acceptors (Lipinski definition) is 3. The van der Waals surface area contributed by atoms with Gasteiger partial charge in [-0.05, 0) is 24.3 Å². The summed E-state index contributed by atoms with van der Waals surface area (Å²) in [6.07, 6.45) is 1.60. The second-order valence-corrected chi connectivity index (χ2v) is 6.34. The topological polar surface area (TPSA) is 49.3 Å². The Kier molecular flexibility index (Phi) is 4.98. The molecule has 1 aromatic carbocycles. The second-order valence-electron chi connectivity index (χ2n) is 5.11. The van der Waals surface area contributed by atoms with E-state index in [2.05, 4.69) is 11.4 Å². The van der Waals surface area contributed by atoms with Crippen LogP contribution in [0.4, 0.5) is 0 Å². The van der Waals surface area contributed by atoms with Crippen molar-refractivity contribution in [3.63, 3.8) is 0 Å². The van der Waals surface area contributed by atoms with E-state index >= 15 is 0 Å². The molecule has 0 bridgehead atoms. The minimum atomic E-state index is -0.524. The third-order valence-electron chi connectivity index (χ3n) is 3.96. The quantitative estimate of drug-likeness (QED) is 0.754. The van der Waals surface area contributed by atoms with Crippen molar-refractivity contribution >= 4 is 23.2 Å². The van der Waals surface area contributed by atoms with E-state index in [0.29, 0.717) is 5.57 Å². The zero-order valence-electron chi connectivity index (χ0n) is 11.4. The first-order valence-corrected chi connectivity index (χ1v) is 7.60. The standard InChI is InChI=1S/C15H16NO2S.Y/c1-10-4-2-3-5-11(10)12-13(17)15(16-14(12)18)6-8-19-9-7-15;/h3-5,17H,6-9H2,1H3,(H,16,18);/q-1;. The largest absolute Gasteiger partial charge is 0.509 e. The Hall–Kier alpha value is -0.316. The van der Waals surface area contributed by atoms with Crippen molar-refractivity contribution in [2.45, 2.75) is 25.3 Å². The molecular formula is C15H16NO2SY-. The molecule has 2 aliphatic rings. The van der Waals surface area contributed by atoms with Crippen molar-refractivity contribution in [3.8, 4) is 0 Å². The number of benzene rings is 1. The minimum Gasteiger partial charge on any atom is -0.509 e. The molecule has 2 aliphatic heterocycles. The van der Waals surface area contributed by atoms with Gasteiger partial charge in [-0.2, -0.15) is 41.6 Å². The average molecular weight is 363 g/mol. The van der Waals surface area contributed by atoms with E-state index < -0.39 is 5.54 Å². The number of aliphatic hydroxyl groups is 1. The summed E-state index contributed by atoms with van der Waals surface area (Å²) in [6.45, 7) is 1.93. The van der Waals surface area contributed by atoms with Gasteiger partial charge in [-0.1, -0.05) is 6.92 Å². The summed E-state index contributed by atoms with van der Waals surface area (Å²) in [5.74, 6) is 2.02. The molecule has 5 heteroatoms. The summed E-state index contributed by atoms with van der Waals surface area (Å²) in [5, 5.41) is 13.6. The number of carbonyl (C=O) groups is 1. The van der Waals surface area contributed by atoms with Gasteiger partial charge in [-0.15, -0.1) is 5.56 Å². The molecule has 2 N–H and O–H groups in total. The summed E-state index contributed by atoms with van der Waals surface area (Å²) in [4.78, 5) is 12.3. The van der Waals surface area contributed by atoms with Gasteiger partial charge in [0.2, 0.25) is 0 Å². The molecule has 2 heterocycles. The Morgan fingerprint density at radius 1 is 1.40 bits per heavy atom. The Morgan fingerprint density at radius 3 is 2.75 bits per heavy atom. The van der Waals surface area contributed by atoms with Crippen LogP contribution in [0, 0.1) is 13.0 Å². The summed E-state index contributed by atoms with van der Waals surface area (Å²) < 4.78 is 0. The smallest absolute Gasteiger partial charge is 0.254 e. The van der Waals surface area contributed by atoms with Gasteiger partial charge in [0.15, 0.2) is 0 Å². The molecule has 3 rings (SSSR count). The number of rotatable bonds is 1. The van der Waals surface area contributed by atoms with Gasteiger partial charge in [0.25, 0.3) is 5.91 Å². The van der Waals surface area contributed by atoms with Crippen LogP contribution in [-0.2, 0) is 37.5 Å². The van der Waals surface area contributed by atoms with Crippen LogP contribution in [0.5, 0.6) is 0 Å². The van der Waals surface area contributed by atoms with Gasteiger partial charge in [0.1, 0.15) is 5.76 Å². The molecule has 1 fully saturated rings. The van der Waals surface area contributed by atoms with Gasteiger partial charge in [0.05, 0.1) is 11.1 Å². The predicted octanol–water partition coefficient (Wildman–Crippen LogP) is 2.46. The van der Waals surface area contributed by atoms with Crippen molar-refractivity contribution in [1.29, 1.82) is 0 Å². The van der Waals surface area contributed by atoms with E-state index in [0.717, 1.165) is 35.5 Å². The van der Waals surface area contributed by atoms with E-state index in [9.17, 15) is 9.90 Å². The van der Waals surface area contributed by atoms with Crippen molar-refractivity contribution in [3.05, 3.63) is 41.2 Å². The number of nitrogens with one attached hydrogen (secondary N) is 1. The Bertz CT molecular complexity index is 565. The molecule has 103 valence electrons. The van der Waals surface area contributed by atoms with Gasteiger partial charge < -0.3 is 10.4 Å².